The first kappa shape index (κ1) is 53.4. The second kappa shape index (κ2) is 21.1. The van der Waals surface area contributed by atoms with E-state index in [0.717, 1.165) is 72.0 Å². The minimum absolute atomic E-state index is 0.0492. The molecule has 4 aliphatic carbocycles. The zero-order valence-electron chi connectivity index (χ0n) is 42.9. The lowest BCUT2D eigenvalue weighted by Crippen LogP contribution is -2.23. The van der Waals surface area contributed by atoms with Crippen molar-refractivity contribution in [3.63, 3.8) is 0 Å². The van der Waals surface area contributed by atoms with Crippen molar-refractivity contribution < 1.29 is 36.3 Å². The van der Waals surface area contributed by atoms with E-state index in [4.69, 9.17) is 10.5 Å². The first-order valence-corrected chi connectivity index (χ1v) is 32.8. The number of hydrogen-bond acceptors (Lipinski definition) is 12. The molecule has 0 spiro atoms. The van der Waals surface area contributed by atoms with E-state index in [9.17, 15) is 31.5 Å². The number of carboxylic acids is 1. The number of ether oxygens (including phenoxy) is 1. The summed E-state index contributed by atoms with van der Waals surface area (Å²) in [5.74, 6) is 0.284. The van der Waals surface area contributed by atoms with Crippen LogP contribution >= 0.6 is 0 Å². The molecule has 6 atom stereocenters. The summed E-state index contributed by atoms with van der Waals surface area (Å²) < 4.78 is 57.2. The third-order valence-corrected chi connectivity index (χ3v) is 18.5. The Morgan fingerprint density at radius 3 is 1.90 bits per heavy atom. The molecule has 6 aromatic rings. The topological polar surface area (TPSA) is 252 Å². The van der Waals surface area contributed by atoms with Crippen LogP contribution in [0.25, 0.3) is 0 Å². The molecule has 10 rings (SSSR count). The van der Waals surface area contributed by atoms with Gasteiger partial charge >= 0.3 is 5.97 Å². The van der Waals surface area contributed by atoms with Crippen LogP contribution in [0, 0.1) is 22.7 Å². The number of carbonyl (C=O) groups excluding carboxylic acids is 1. The summed E-state index contributed by atoms with van der Waals surface area (Å²) >= 11 is 0. The monoisotopic (exact) mass is 1050 g/mol. The van der Waals surface area contributed by atoms with Crippen LogP contribution in [0.4, 0.5) is 11.4 Å². The Hall–Kier alpha value is -5.90. The number of nitrogens with one attached hydrogen (secondary N) is 2. The van der Waals surface area contributed by atoms with Crippen LogP contribution in [0.15, 0.2) is 85.5 Å². The number of H-pyrrole nitrogens is 1. The molecule has 4 aromatic heterocycles. The van der Waals surface area contributed by atoms with E-state index in [1.54, 1.807) is 38.8 Å². The molecule has 18 nitrogen and oxygen atoms in total. The Morgan fingerprint density at radius 2 is 1.37 bits per heavy atom. The van der Waals surface area contributed by atoms with E-state index >= 15 is 0 Å². The number of amides is 1. The SMILES string of the molecule is CC12Cc3[nH]nc(C(=O)Nc4cnn(C(CCS(C)(=O)=O)c5ccccc5)c4)c3CC1C2.CC12Cc3c(c(C(=O)O)nn3COCC[Si](C)(C)C)CC1C2.CS(=O)(=O)CCC(c1ccccc1)n1cc(N)cn1. The highest BCUT2D eigenvalue weighted by Crippen LogP contribution is 2.60. The van der Waals surface area contributed by atoms with Crippen molar-refractivity contribution in [2.45, 2.75) is 110 Å². The molecule has 0 bridgehead atoms. The van der Waals surface area contributed by atoms with Gasteiger partial charge in [-0.1, -0.05) is 94.2 Å². The molecule has 392 valence electrons. The average Bonchev–Trinajstić information content (AvgIpc) is 3.69. The quantitative estimate of drug-likeness (QED) is 0.0481. The summed E-state index contributed by atoms with van der Waals surface area (Å²) in [4.78, 5) is 24.4. The molecule has 1 amide bonds. The number of nitrogen functional groups attached to an aromatic ring is 1. The fraction of sp³-hybridized carbons (Fsp3) is 0.500. The summed E-state index contributed by atoms with van der Waals surface area (Å²) in [5, 5.41) is 32.6. The van der Waals surface area contributed by atoms with E-state index in [1.807, 2.05) is 60.7 Å². The fourth-order valence-electron chi connectivity index (χ4n) is 10.3. The summed E-state index contributed by atoms with van der Waals surface area (Å²) in [6.45, 7) is 12.7. The van der Waals surface area contributed by atoms with E-state index in [0.29, 0.717) is 59.3 Å². The Kier molecular flexibility index (Phi) is 15.5. The van der Waals surface area contributed by atoms with Gasteiger partial charge in [-0.05, 0) is 91.2 Å². The van der Waals surface area contributed by atoms with Crippen molar-refractivity contribution in [1.29, 1.82) is 0 Å². The van der Waals surface area contributed by atoms with Crippen LogP contribution in [-0.2, 0) is 56.8 Å². The van der Waals surface area contributed by atoms with Crippen LogP contribution in [-0.4, -0.2) is 112 Å². The van der Waals surface area contributed by atoms with Gasteiger partial charge < -0.3 is 20.9 Å². The number of rotatable bonds is 18. The van der Waals surface area contributed by atoms with Crippen LogP contribution in [0.5, 0.6) is 0 Å². The normalized spacial score (nSPS) is 21.4. The number of aromatic carboxylic acids is 1. The first-order valence-electron chi connectivity index (χ1n) is 24.9. The smallest absolute Gasteiger partial charge is 0.356 e. The molecule has 4 aliphatic rings. The number of fused-ring (bicyclic) bond motifs is 4. The molecule has 0 saturated heterocycles. The lowest BCUT2D eigenvalue weighted by molar-refractivity contribution is 0.0667. The Bertz CT molecular complexity index is 3150. The highest BCUT2D eigenvalue weighted by Gasteiger charge is 2.55. The third kappa shape index (κ3) is 13.6. The molecule has 5 N–H and O–H groups in total. The number of aromatic nitrogens is 8. The molecule has 0 aliphatic heterocycles. The number of hydrogen-bond donors (Lipinski definition) is 4. The number of carboxylic acid groups (broad SMARTS) is 1. The third-order valence-electron chi connectivity index (χ3n) is 14.9. The minimum atomic E-state index is -3.11. The van der Waals surface area contributed by atoms with E-state index in [1.165, 1.54) is 25.4 Å². The summed E-state index contributed by atoms with van der Waals surface area (Å²) in [6, 6.07) is 20.1. The van der Waals surface area contributed by atoms with Crippen molar-refractivity contribution in [2.24, 2.45) is 22.7 Å². The second-order valence-electron chi connectivity index (χ2n) is 22.4. The van der Waals surface area contributed by atoms with Gasteiger partial charge in [-0.25, -0.2) is 26.3 Å². The lowest BCUT2D eigenvalue weighted by atomic mass is 9.87. The van der Waals surface area contributed by atoms with Gasteiger partial charge in [0, 0.05) is 62.1 Å². The van der Waals surface area contributed by atoms with Gasteiger partial charge in [0.1, 0.15) is 26.4 Å². The van der Waals surface area contributed by atoms with Crippen LogP contribution in [0.1, 0.15) is 106 Å². The number of nitrogens with two attached hydrogens (primary N) is 1. The molecule has 2 aromatic carbocycles. The van der Waals surface area contributed by atoms with Crippen molar-refractivity contribution in [3.05, 3.63) is 130 Å². The number of carbonyl (C=O) groups is 2. The van der Waals surface area contributed by atoms with Gasteiger partial charge in [0.25, 0.3) is 5.91 Å². The highest BCUT2D eigenvalue weighted by molar-refractivity contribution is 7.90. The standard InChI is InChI=1S/C23H27N5O3S.C16H26N2O3Si.C13H17N3O2S/c1-23-11-16(23)10-18-19(12-23)26-27-21(18)22(29)25-17-13-24-28(14-17)20(8-9-32(2,30)31)15-6-4-3-5-7-15;1-16-8-11(16)7-12-13(9-16)18(17-14(12)15(19)20)10-21-5-6-22(2,3)4;1-19(17,18)8-7-13(11-5-3-2-4-6-11)16-10-12(14)9-15-16/h3-7,13-14,16,20H,8-12H2,1-2H3,(H,25,29)(H,26,27);11H,5-10H2,1-4H3,(H,19,20);2-6,9-10,13H,7-8,14H2,1H3. The maximum Gasteiger partial charge on any atom is 0.356 e. The second-order valence-corrected chi connectivity index (χ2v) is 32.6. The van der Waals surface area contributed by atoms with Crippen molar-refractivity contribution in [1.82, 2.24) is 39.5 Å². The van der Waals surface area contributed by atoms with E-state index < -0.39 is 33.7 Å². The summed E-state index contributed by atoms with van der Waals surface area (Å²) in [5.41, 5.74) is 14.3. The van der Waals surface area contributed by atoms with Crippen LogP contribution < -0.4 is 11.1 Å². The number of aromatic amines is 1. The average molecular weight is 1060 g/mol. The predicted octanol–water partition coefficient (Wildman–Crippen LogP) is 7.52. The largest absolute Gasteiger partial charge is 0.476 e. The Balaban J connectivity index is 0.000000153. The molecular weight excluding hydrogens is 985 g/mol. The van der Waals surface area contributed by atoms with Crippen LogP contribution in [0.3, 0.4) is 0 Å². The van der Waals surface area contributed by atoms with Crippen LogP contribution in [0.2, 0.25) is 25.7 Å². The van der Waals surface area contributed by atoms with Gasteiger partial charge in [-0.15, -0.1) is 0 Å². The van der Waals surface area contributed by atoms with Gasteiger partial charge in [-0.3, -0.25) is 19.3 Å². The van der Waals surface area contributed by atoms with E-state index in [2.05, 4.69) is 64.3 Å². The first-order chi connectivity index (χ1) is 34.4. The molecule has 4 heterocycles. The maximum atomic E-state index is 12.9. The molecular formula is C52H70N10O8S2Si. The van der Waals surface area contributed by atoms with E-state index in [-0.39, 0.29) is 35.2 Å². The number of anilines is 2. The summed E-state index contributed by atoms with van der Waals surface area (Å²) in [6.07, 6.45) is 16.0. The van der Waals surface area contributed by atoms with Gasteiger partial charge in [0.15, 0.2) is 11.4 Å². The minimum Gasteiger partial charge on any atom is -0.476 e. The number of nitrogens with zero attached hydrogens (tertiary/aromatic N) is 7. The Morgan fingerprint density at radius 1 is 0.822 bits per heavy atom. The highest BCUT2D eigenvalue weighted by atomic mass is 32.2. The van der Waals surface area contributed by atoms with Crippen molar-refractivity contribution >= 4 is 51.0 Å². The van der Waals surface area contributed by atoms with Gasteiger partial charge in [-0.2, -0.15) is 20.4 Å². The molecule has 21 heteroatoms. The van der Waals surface area contributed by atoms with Crippen molar-refractivity contribution in [2.75, 3.05) is 41.7 Å². The maximum absolute atomic E-state index is 12.9. The summed E-state index contributed by atoms with van der Waals surface area (Å²) in [7, 11) is -7.22. The number of sulfone groups is 2. The Labute approximate surface area is 429 Å². The fourth-order valence-corrected chi connectivity index (χ4v) is 12.3. The zero-order valence-corrected chi connectivity index (χ0v) is 45.5. The molecule has 6 unspecified atom stereocenters. The van der Waals surface area contributed by atoms with Crippen molar-refractivity contribution in [3.8, 4) is 0 Å². The zero-order chi connectivity index (χ0) is 52.5. The lowest BCUT2D eigenvalue weighted by Gasteiger charge is -2.20. The van der Waals surface area contributed by atoms with Gasteiger partial charge in [0.2, 0.25) is 0 Å². The molecule has 2 saturated carbocycles. The molecule has 0 radical (unpaired) electrons. The number of benzene rings is 2. The molecule has 73 heavy (non-hydrogen) atoms. The molecule has 2 fully saturated rings. The van der Waals surface area contributed by atoms with Gasteiger partial charge in [0.05, 0.1) is 47.4 Å². The predicted molar refractivity (Wildman–Crippen MR) is 284 cm³/mol.